The summed E-state index contributed by atoms with van der Waals surface area (Å²) in [7, 11) is 0. The number of aryl methyl sites for hydroxylation is 1. The number of nitrogens with zero attached hydrogens (tertiary/aromatic N) is 5. The van der Waals surface area contributed by atoms with Crippen molar-refractivity contribution in [2.24, 2.45) is 5.92 Å². The Kier molecular flexibility index (Phi) is 10.5. The summed E-state index contributed by atoms with van der Waals surface area (Å²) in [6.07, 6.45) is 15.2. The standard InChI is InChI=1S/C33H45N5O4/c1-24(2)10-9-11-25(3)16-20-38-30-15-14-28(37-19-8-6-13-31(37)40)22-29(30)33(42,32(38)41)26(4)12-5-7-18-36-23-27(17-21-39)34-35-36/h5,10,12,14-16,22-23,26,39,42H,6-9,11,13,17-21H2,1-4H3/b12-5+,25-16+/t26-,33+/m1/s1. The van der Waals surface area contributed by atoms with Crippen LogP contribution in [0.25, 0.3) is 0 Å². The molecule has 1 aromatic heterocycles. The Hall–Kier alpha value is -3.56. The number of benzene rings is 1. The third kappa shape index (κ3) is 7.07. The number of amides is 2. The predicted molar refractivity (Wildman–Crippen MR) is 165 cm³/mol. The highest BCUT2D eigenvalue weighted by molar-refractivity contribution is 6.08. The van der Waals surface area contributed by atoms with Crippen LogP contribution in [0.1, 0.15) is 77.5 Å². The molecule has 1 saturated heterocycles. The van der Waals surface area contributed by atoms with Gasteiger partial charge in [0, 0.05) is 62.4 Å². The molecular weight excluding hydrogens is 530 g/mol. The fourth-order valence-electron chi connectivity index (χ4n) is 5.62. The summed E-state index contributed by atoms with van der Waals surface area (Å²) in [6.45, 7) is 9.74. The first kappa shape index (κ1) is 31.4. The van der Waals surface area contributed by atoms with Crippen molar-refractivity contribution in [3.8, 4) is 0 Å². The molecule has 4 rings (SSSR count). The van der Waals surface area contributed by atoms with Crippen LogP contribution in [0, 0.1) is 5.92 Å². The minimum absolute atomic E-state index is 0.0279. The van der Waals surface area contributed by atoms with E-state index in [1.807, 2.05) is 43.5 Å². The molecule has 0 unspecified atom stereocenters. The van der Waals surface area contributed by atoms with E-state index in [2.05, 4.69) is 43.2 Å². The van der Waals surface area contributed by atoms with Crippen LogP contribution in [0.2, 0.25) is 0 Å². The molecule has 1 fully saturated rings. The number of rotatable bonds is 13. The van der Waals surface area contributed by atoms with E-state index in [0.717, 1.165) is 37.1 Å². The van der Waals surface area contributed by atoms with Crippen LogP contribution >= 0.6 is 0 Å². The molecule has 2 N–H and O–H groups in total. The molecule has 9 heteroatoms. The topological polar surface area (TPSA) is 112 Å². The quantitative estimate of drug-likeness (QED) is 0.331. The number of piperidine rings is 1. The Labute approximate surface area is 249 Å². The average Bonchev–Trinajstić information content (AvgIpc) is 3.50. The van der Waals surface area contributed by atoms with Gasteiger partial charge in [-0.3, -0.25) is 14.3 Å². The highest BCUT2D eigenvalue weighted by atomic mass is 16.3. The van der Waals surface area contributed by atoms with Crippen molar-refractivity contribution >= 4 is 23.2 Å². The minimum atomic E-state index is -1.76. The maximum atomic E-state index is 14.0. The van der Waals surface area contributed by atoms with Crippen LogP contribution in [0.5, 0.6) is 0 Å². The van der Waals surface area contributed by atoms with Crippen molar-refractivity contribution in [3.05, 3.63) is 71.1 Å². The second kappa shape index (κ2) is 14.1. The Morgan fingerprint density at radius 3 is 2.69 bits per heavy atom. The summed E-state index contributed by atoms with van der Waals surface area (Å²) in [5.74, 6) is -0.788. The number of hydrogen-bond donors (Lipinski definition) is 2. The van der Waals surface area contributed by atoms with Gasteiger partial charge in [0.15, 0.2) is 5.60 Å². The molecular formula is C33H45N5O4. The average molecular weight is 576 g/mol. The third-order valence-corrected chi connectivity index (χ3v) is 8.16. The molecule has 2 amide bonds. The predicted octanol–water partition coefficient (Wildman–Crippen LogP) is 4.84. The Bertz CT molecular complexity index is 1360. The van der Waals surface area contributed by atoms with Crippen molar-refractivity contribution in [2.45, 2.75) is 84.8 Å². The van der Waals surface area contributed by atoms with E-state index < -0.39 is 11.5 Å². The van der Waals surface area contributed by atoms with Gasteiger partial charge >= 0.3 is 0 Å². The summed E-state index contributed by atoms with van der Waals surface area (Å²) >= 11 is 0. The molecule has 0 spiro atoms. The number of aliphatic hydroxyl groups excluding tert-OH is 1. The Morgan fingerprint density at radius 1 is 1.14 bits per heavy atom. The van der Waals surface area contributed by atoms with Gasteiger partial charge in [-0.05, 0) is 71.1 Å². The normalized spacial score (nSPS) is 20.0. The molecule has 3 heterocycles. The molecule has 2 atom stereocenters. The van der Waals surface area contributed by atoms with Gasteiger partial charge in [0.1, 0.15) is 0 Å². The second-order valence-electron chi connectivity index (χ2n) is 11.7. The zero-order valence-electron chi connectivity index (χ0n) is 25.4. The second-order valence-corrected chi connectivity index (χ2v) is 11.7. The van der Waals surface area contributed by atoms with Gasteiger partial charge in [0.2, 0.25) is 5.91 Å². The number of hydrogen-bond acceptors (Lipinski definition) is 6. The number of aromatic nitrogens is 3. The molecule has 0 bridgehead atoms. The van der Waals surface area contributed by atoms with Gasteiger partial charge in [0.05, 0.1) is 11.4 Å². The number of carbonyl (C=O) groups excluding carboxylic acids is 2. The van der Waals surface area contributed by atoms with Crippen LogP contribution in [-0.2, 0) is 28.2 Å². The molecule has 2 aliphatic rings. The monoisotopic (exact) mass is 575 g/mol. The molecule has 2 aromatic rings. The first-order valence-electron chi connectivity index (χ1n) is 15.1. The Morgan fingerprint density at radius 2 is 1.95 bits per heavy atom. The van der Waals surface area contributed by atoms with Crippen molar-refractivity contribution in [1.82, 2.24) is 15.0 Å². The van der Waals surface area contributed by atoms with Crippen LogP contribution in [0.4, 0.5) is 11.4 Å². The molecule has 2 aliphatic heterocycles. The lowest BCUT2D eigenvalue weighted by Gasteiger charge is -2.30. The number of aliphatic hydroxyl groups is 2. The van der Waals surface area contributed by atoms with E-state index >= 15 is 0 Å². The molecule has 0 aliphatic carbocycles. The van der Waals surface area contributed by atoms with E-state index in [4.69, 9.17) is 5.11 Å². The molecule has 42 heavy (non-hydrogen) atoms. The summed E-state index contributed by atoms with van der Waals surface area (Å²) in [4.78, 5) is 30.1. The van der Waals surface area contributed by atoms with Crippen molar-refractivity contribution in [2.75, 3.05) is 29.5 Å². The van der Waals surface area contributed by atoms with Crippen molar-refractivity contribution in [1.29, 1.82) is 0 Å². The third-order valence-electron chi connectivity index (χ3n) is 8.16. The van der Waals surface area contributed by atoms with Crippen molar-refractivity contribution in [3.63, 3.8) is 0 Å². The van der Waals surface area contributed by atoms with Gasteiger partial charge in [-0.25, -0.2) is 0 Å². The summed E-state index contributed by atoms with van der Waals surface area (Å²) in [6, 6.07) is 5.60. The van der Waals surface area contributed by atoms with Gasteiger partial charge in [-0.2, -0.15) is 0 Å². The van der Waals surface area contributed by atoms with Gasteiger partial charge in [0.25, 0.3) is 5.91 Å². The number of carbonyl (C=O) groups is 2. The summed E-state index contributed by atoms with van der Waals surface area (Å²) in [5.41, 5.74) is 3.41. The SMILES string of the molecule is CC(C)=CCC/C(C)=C/CN1C(=O)[C@](O)([C@H](C)/C=C/CCn2cc(CCO)nn2)c2cc(N3CCCCC3=O)ccc21. The fourth-order valence-corrected chi connectivity index (χ4v) is 5.62. The van der Waals surface area contributed by atoms with Crippen molar-refractivity contribution < 1.29 is 19.8 Å². The number of fused-ring (bicyclic) bond motifs is 1. The van der Waals surface area contributed by atoms with E-state index in [1.165, 1.54) is 11.1 Å². The van der Waals surface area contributed by atoms with Gasteiger partial charge in [-0.1, -0.05) is 47.6 Å². The lowest BCUT2D eigenvalue weighted by molar-refractivity contribution is -0.139. The van der Waals surface area contributed by atoms with E-state index in [0.29, 0.717) is 50.1 Å². The molecule has 1 aromatic carbocycles. The van der Waals surface area contributed by atoms with Crippen LogP contribution in [0.15, 0.2) is 59.8 Å². The largest absolute Gasteiger partial charge is 0.396 e. The molecule has 0 radical (unpaired) electrons. The van der Waals surface area contributed by atoms with Crippen LogP contribution in [-0.4, -0.2) is 56.7 Å². The van der Waals surface area contributed by atoms with E-state index in [-0.39, 0.29) is 18.4 Å². The molecule has 9 nitrogen and oxygen atoms in total. The molecule has 0 saturated carbocycles. The highest BCUT2D eigenvalue weighted by Gasteiger charge is 2.52. The maximum Gasteiger partial charge on any atom is 0.264 e. The lowest BCUT2D eigenvalue weighted by atomic mass is 9.82. The Balaban J connectivity index is 1.57. The summed E-state index contributed by atoms with van der Waals surface area (Å²) < 4.78 is 1.72. The zero-order valence-corrected chi connectivity index (χ0v) is 25.4. The highest BCUT2D eigenvalue weighted by Crippen LogP contribution is 2.47. The lowest BCUT2D eigenvalue weighted by Crippen LogP contribution is -2.44. The zero-order chi connectivity index (χ0) is 30.3. The summed E-state index contributed by atoms with van der Waals surface area (Å²) in [5, 5.41) is 29.4. The smallest absolute Gasteiger partial charge is 0.264 e. The maximum absolute atomic E-state index is 14.0. The fraction of sp³-hybridized carbons (Fsp3) is 0.515. The van der Waals surface area contributed by atoms with Crippen LogP contribution in [0.3, 0.4) is 0 Å². The van der Waals surface area contributed by atoms with Gasteiger partial charge in [-0.15, -0.1) is 5.10 Å². The van der Waals surface area contributed by atoms with E-state index in [9.17, 15) is 14.7 Å². The van der Waals surface area contributed by atoms with E-state index in [1.54, 1.807) is 14.5 Å². The number of allylic oxidation sites excluding steroid dienone is 4. The molecule has 226 valence electrons. The first-order chi connectivity index (χ1) is 20.1. The first-order valence-corrected chi connectivity index (χ1v) is 15.1. The minimum Gasteiger partial charge on any atom is -0.396 e. The number of anilines is 2. The van der Waals surface area contributed by atoms with Crippen LogP contribution < -0.4 is 9.80 Å². The van der Waals surface area contributed by atoms with Gasteiger partial charge < -0.3 is 20.0 Å².